The van der Waals surface area contributed by atoms with Crippen LogP contribution in [0.4, 0.5) is 5.69 Å². The highest BCUT2D eigenvalue weighted by atomic mass is 16.6. The zero-order valence-electron chi connectivity index (χ0n) is 16.2. The number of carbonyl (C=O) groups is 2. The van der Waals surface area contributed by atoms with Crippen LogP contribution in [0.5, 0.6) is 5.75 Å². The predicted molar refractivity (Wildman–Crippen MR) is 116 cm³/mol. The molecule has 1 amide bonds. The molecule has 154 valence electrons. The van der Waals surface area contributed by atoms with Gasteiger partial charge in [-0.25, -0.2) is 10.2 Å². The highest BCUT2D eigenvalue weighted by Crippen LogP contribution is 2.16. The van der Waals surface area contributed by atoms with Gasteiger partial charge in [0.25, 0.3) is 11.6 Å². The van der Waals surface area contributed by atoms with Crippen LogP contribution in [0.1, 0.15) is 21.5 Å². The van der Waals surface area contributed by atoms with E-state index in [1.54, 1.807) is 30.3 Å². The van der Waals surface area contributed by atoms with Crippen LogP contribution in [-0.4, -0.2) is 23.0 Å². The Morgan fingerprint density at radius 1 is 0.935 bits per heavy atom. The number of hydrogen-bond acceptors (Lipinski definition) is 6. The largest absolute Gasteiger partial charge is 0.423 e. The fourth-order valence-corrected chi connectivity index (χ4v) is 2.51. The first kappa shape index (κ1) is 21.1. The summed E-state index contributed by atoms with van der Waals surface area (Å²) in [6, 6.07) is 21.2. The molecule has 0 aliphatic heterocycles. The van der Waals surface area contributed by atoms with E-state index in [0.29, 0.717) is 5.56 Å². The van der Waals surface area contributed by atoms with Gasteiger partial charge >= 0.3 is 5.97 Å². The summed E-state index contributed by atoms with van der Waals surface area (Å²) < 4.78 is 5.35. The molecule has 0 saturated heterocycles. The van der Waals surface area contributed by atoms with Crippen molar-refractivity contribution in [2.24, 2.45) is 5.10 Å². The molecule has 0 aromatic heterocycles. The second kappa shape index (κ2) is 10.3. The van der Waals surface area contributed by atoms with E-state index in [0.717, 1.165) is 5.56 Å². The molecule has 0 radical (unpaired) electrons. The standard InChI is InChI=1S/C23H17N3O5/c27-22(15-10-17-6-2-1-3-7-17)31-21-9-5-4-8-19(21)16-24-25-23(28)18-11-13-20(14-12-18)26(29)30/h1-16H,(H,25,28)/b15-10+,24-16+. The minimum Gasteiger partial charge on any atom is -0.423 e. The number of carbonyl (C=O) groups excluding carboxylic acids is 2. The van der Waals surface area contributed by atoms with Gasteiger partial charge in [0.1, 0.15) is 5.75 Å². The molecule has 0 atom stereocenters. The van der Waals surface area contributed by atoms with E-state index in [1.165, 1.54) is 36.6 Å². The molecule has 0 unspecified atom stereocenters. The van der Waals surface area contributed by atoms with Crippen molar-refractivity contribution in [1.29, 1.82) is 0 Å². The molecule has 3 aromatic carbocycles. The van der Waals surface area contributed by atoms with E-state index < -0.39 is 16.8 Å². The van der Waals surface area contributed by atoms with Crippen molar-refractivity contribution < 1.29 is 19.2 Å². The van der Waals surface area contributed by atoms with Crippen LogP contribution in [0.2, 0.25) is 0 Å². The molecule has 3 aromatic rings. The van der Waals surface area contributed by atoms with Crippen molar-refractivity contribution in [2.45, 2.75) is 0 Å². The Kier molecular flexibility index (Phi) is 6.99. The average Bonchev–Trinajstić information content (AvgIpc) is 2.79. The molecule has 8 nitrogen and oxygen atoms in total. The summed E-state index contributed by atoms with van der Waals surface area (Å²) in [5.74, 6) is -0.815. The molecular weight excluding hydrogens is 398 g/mol. The van der Waals surface area contributed by atoms with Crippen molar-refractivity contribution in [3.05, 3.63) is 112 Å². The van der Waals surface area contributed by atoms with Gasteiger partial charge in [0.2, 0.25) is 0 Å². The predicted octanol–water partition coefficient (Wildman–Crippen LogP) is 3.98. The van der Waals surface area contributed by atoms with Crippen LogP contribution in [-0.2, 0) is 4.79 Å². The summed E-state index contributed by atoms with van der Waals surface area (Å²) in [5, 5.41) is 14.5. The van der Waals surface area contributed by atoms with Crippen molar-refractivity contribution >= 4 is 29.9 Å². The van der Waals surface area contributed by atoms with Gasteiger partial charge in [0.05, 0.1) is 11.1 Å². The normalized spacial score (nSPS) is 10.8. The molecule has 31 heavy (non-hydrogen) atoms. The zero-order valence-corrected chi connectivity index (χ0v) is 16.2. The Labute approximate surface area is 177 Å². The minimum atomic E-state index is -0.556. The number of amides is 1. The van der Waals surface area contributed by atoms with Crippen LogP contribution >= 0.6 is 0 Å². The third-order valence-electron chi connectivity index (χ3n) is 4.05. The lowest BCUT2D eigenvalue weighted by Crippen LogP contribution is -2.17. The van der Waals surface area contributed by atoms with E-state index in [4.69, 9.17) is 4.74 Å². The van der Waals surface area contributed by atoms with Crippen LogP contribution in [0, 0.1) is 10.1 Å². The number of non-ortho nitro benzene ring substituents is 1. The van der Waals surface area contributed by atoms with Crippen LogP contribution in [0.3, 0.4) is 0 Å². The van der Waals surface area contributed by atoms with E-state index in [1.807, 2.05) is 30.3 Å². The Morgan fingerprint density at radius 3 is 2.32 bits per heavy atom. The van der Waals surface area contributed by atoms with Gasteiger partial charge in [-0.3, -0.25) is 14.9 Å². The summed E-state index contributed by atoms with van der Waals surface area (Å²) in [5.41, 5.74) is 3.78. The van der Waals surface area contributed by atoms with E-state index in [2.05, 4.69) is 10.5 Å². The number of nitrogens with one attached hydrogen (secondary N) is 1. The van der Waals surface area contributed by atoms with Gasteiger partial charge in [0, 0.05) is 29.3 Å². The number of benzene rings is 3. The van der Waals surface area contributed by atoms with Gasteiger partial charge < -0.3 is 4.74 Å². The Bertz CT molecular complexity index is 1140. The van der Waals surface area contributed by atoms with Crippen molar-refractivity contribution in [1.82, 2.24) is 5.43 Å². The Hall–Kier alpha value is -4.59. The number of esters is 1. The maximum Gasteiger partial charge on any atom is 0.336 e. The van der Waals surface area contributed by atoms with E-state index in [9.17, 15) is 19.7 Å². The SMILES string of the molecule is O=C(/C=C/c1ccccc1)Oc1ccccc1/C=N/NC(=O)c1ccc([N+](=O)[O-])cc1. The van der Waals surface area contributed by atoms with Crippen molar-refractivity contribution in [3.8, 4) is 5.75 Å². The third-order valence-corrected chi connectivity index (χ3v) is 4.05. The number of para-hydroxylation sites is 1. The molecule has 0 aliphatic rings. The minimum absolute atomic E-state index is 0.114. The third kappa shape index (κ3) is 6.20. The molecule has 3 rings (SSSR count). The summed E-state index contributed by atoms with van der Waals surface area (Å²) in [6.07, 6.45) is 4.30. The molecule has 1 N–H and O–H groups in total. The lowest BCUT2D eigenvalue weighted by atomic mass is 10.2. The zero-order chi connectivity index (χ0) is 22.1. The van der Waals surface area contributed by atoms with Gasteiger partial charge in [-0.15, -0.1) is 0 Å². The number of ether oxygens (including phenoxy) is 1. The molecule has 0 bridgehead atoms. The number of rotatable bonds is 7. The van der Waals surface area contributed by atoms with E-state index >= 15 is 0 Å². The Balaban J connectivity index is 1.62. The number of nitrogens with zero attached hydrogens (tertiary/aromatic N) is 2. The average molecular weight is 415 g/mol. The van der Waals surface area contributed by atoms with Gasteiger partial charge in [0.15, 0.2) is 0 Å². The molecule has 0 heterocycles. The maximum atomic E-state index is 12.1. The summed E-state index contributed by atoms with van der Waals surface area (Å²) in [6.45, 7) is 0. The van der Waals surface area contributed by atoms with Crippen molar-refractivity contribution in [2.75, 3.05) is 0 Å². The summed E-state index contributed by atoms with van der Waals surface area (Å²) in [7, 11) is 0. The lowest BCUT2D eigenvalue weighted by molar-refractivity contribution is -0.384. The number of hydrazone groups is 1. The molecule has 8 heteroatoms. The van der Waals surface area contributed by atoms with Gasteiger partial charge in [-0.1, -0.05) is 42.5 Å². The fraction of sp³-hybridized carbons (Fsp3) is 0. The first-order chi connectivity index (χ1) is 15.0. The first-order valence-corrected chi connectivity index (χ1v) is 9.15. The molecular formula is C23H17N3O5. The fourth-order valence-electron chi connectivity index (χ4n) is 2.51. The topological polar surface area (TPSA) is 111 Å². The van der Waals surface area contributed by atoms with Crippen LogP contribution in [0.25, 0.3) is 6.08 Å². The van der Waals surface area contributed by atoms with Gasteiger partial charge in [-0.2, -0.15) is 5.10 Å². The molecule has 0 fully saturated rings. The maximum absolute atomic E-state index is 12.1. The quantitative estimate of drug-likeness (QED) is 0.157. The second-order valence-corrected chi connectivity index (χ2v) is 6.21. The molecule has 0 saturated carbocycles. The molecule has 0 spiro atoms. The van der Waals surface area contributed by atoms with Crippen LogP contribution < -0.4 is 10.2 Å². The van der Waals surface area contributed by atoms with Crippen molar-refractivity contribution in [3.63, 3.8) is 0 Å². The monoisotopic (exact) mass is 415 g/mol. The van der Waals surface area contributed by atoms with Gasteiger partial charge in [-0.05, 0) is 35.9 Å². The number of hydrogen-bond donors (Lipinski definition) is 1. The summed E-state index contributed by atoms with van der Waals surface area (Å²) in [4.78, 5) is 34.3. The van der Waals surface area contributed by atoms with E-state index in [-0.39, 0.29) is 17.0 Å². The smallest absolute Gasteiger partial charge is 0.336 e. The lowest BCUT2D eigenvalue weighted by Gasteiger charge is -2.05. The summed E-state index contributed by atoms with van der Waals surface area (Å²) >= 11 is 0. The Morgan fingerprint density at radius 2 is 1.61 bits per heavy atom. The highest BCUT2D eigenvalue weighted by molar-refractivity contribution is 5.95. The highest BCUT2D eigenvalue weighted by Gasteiger charge is 2.09. The molecule has 0 aliphatic carbocycles. The number of nitro benzene ring substituents is 1. The first-order valence-electron chi connectivity index (χ1n) is 9.15. The number of nitro groups is 1. The second-order valence-electron chi connectivity index (χ2n) is 6.21. The van der Waals surface area contributed by atoms with Crippen LogP contribution in [0.15, 0.2) is 90.0 Å².